The average Bonchev–Trinajstić information content (AvgIpc) is 3.60. The number of fused-ring (bicyclic) bond motifs is 6. The second kappa shape index (κ2) is 11.0. The summed E-state index contributed by atoms with van der Waals surface area (Å²) in [5.41, 5.74) is 5.00. The molecule has 0 aliphatic heterocycles. The van der Waals surface area contributed by atoms with E-state index in [4.69, 9.17) is 0 Å². The third-order valence-electron chi connectivity index (χ3n) is 9.58. The number of nitrogens with one attached hydrogen (secondary N) is 2. The molecule has 0 aliphatic rings. The van der Waals surface area contributed by atoms with E-state index in [0.29, 0.717) is 22.2 Å². The van der Waals surface area contributed by atoms with Gasteiger partial charge in [-0.1, -0.05) is 47.5 Å². The van der Waals surface area contributed by atoms with Gasteiger partial charge in [0.1, 0.15) is 0 Å². The van der Waals surface area contributed by atoms with Crippen LogP contribution in [0.4, 0.5) is 26.3 Å². The molecule has 6 aromatic carbocycles. The van der Waals surface area contributed by atoms with Crippen molar-refractivity contribution < 1.29 is 26.3 Å². The van der Waals surface area contributed by atoms with E-state index in [1.54, 1.807) is 12.1 Å². The summed E-state index contributed by atoms with van der Waals surface area (Å²) in [6, 6.07) is 26.5. The topological polar surface area (TPSA) is 31.6 Å². The molecule has 0 saturated carbocycles. The van der Waals surface area contributed by atoms with Crippen LogP contribution < -0.4 is 0 Å². The molecule has 250 valence electrons. The maximum absolute atomic E-state index is 14.9. The number of aromatic nitrogens is 2. The highest BCUT2D eigenvalue weighted by Gasteiger charge is 2.39. The van der Waals surface area contributed by atoms with Crippen LogP contribution in [-0.4, -0.2) is 9.97 Å². The zero-order valence-corrected chi connectivity index (χ0v) is 27.5. The van der Waals surface area contributed by atoms with E-state index in [1.807, 2.05) is 76.2 Å². The van der Waals surface area contributed by atoms with Gasteiger partial charge in [-0.3, -0.25) is 0 Å². The number of hydrogen-bond donors (Lipinski definition) is 2. The normalized spacial score (nSPS) is 12.6. The largest absolute Gasteiger partial charge is 0.417 e. The van der Waals surface area contributed by atoms with Gasteiger partial charge in [-0.15, -0.1) is 0 Å². The molecule has 0 unspecified atom stereocenters. The lowest BCUT2D eigenvalue weighted by molar-refractivity contribution is -0.139. The van der Waals surface area contributed by atoms with Crippen LogP contribution in [-0.2, 0) is 12.4 Å². The number of alkyl halides is 6. The smallest absolute Gasteiger partial charge is 0.354 e. The summed E-state index contributed by atoms with van der Waals surface area (Å²) in [6.07, 6.45) is -9.86. The van der Waals surface area contributed by atoms with Gasteiger partial charge in [0.05, 0.1) is 22.2 Å². The molecule has 0 atom stereocenters. The minimum absolute atomic E-state index is 0.249. The molecule has 0 radical (unpaired) electrons. The van der Waals surface area contributed by atoms with E-state index in [-0.39, 0.29) is 11.1 Å². The van der Waals surface area contributed by atoms with Crippen molar-refractivity contribution in [1.29, 1.82) is 0 Å². The molecule has 8 aromatic rings. The van der Waals surface area contributed by atoms with Crippen molar-refractivity contribution in [2.75, 3.05) is 0 Å². The van der Waals surface area contributed by atoms with Crippen LogP contribution in [0.2, 0.25) is 0 Å². The summed E-state index contributed by atoms with van der Waals surface area (Å²) in [7, 11) is 0. The Labute approximate surface area is 283 Å². The summed E-state index contributed by atoms with van der Waals surface area (Å²) in [5, 5.41) is 3.62. The molecular formula is C42H30F6N2. The Balaban J connectivity index is 1.32. The number of halogens is 6. The Morgan fingerprint density at radius 2 is 0.760 bits per heavy atom. The van der Waals surface area contributed by atoms with Crippen molar-refractivity contribution in [2.45, 2.75) is 40.0 Å². The fourth-order valence-electron chi connectivity index (χ4n) is 7.33. The maximum Gasteiger partial charge on any atom is 0.417 e. The summed E-state index contributed by atoms with van der Waals surface area (Å²) >= 11 is 0. The van der Waals surface area contributed by atoms with E-state index >= 15 is 0 Å². The van der Waals surface area contributed by atoms with Gasteiger partial charge in [0, 0.05) is 43.7 Å². The first-order valence-corrected chi connectivity index (χ1v) is 16.1. The first kappa shape index (κ1) is 31.7. The van der Waals surface area contributed by atoms with Gasteiger partial charge < -0.3 is 9.97 Å². The summed E-state index contributed by atoms with van der Waals surface area (Å²) < 4.78 is 89.2. The molecule has 0 fully saturated rings. The van der Waals surface area contributed by atoms with Gasteiger partial charge in [0.2, 0.25) is 0 Å². The van der Waals surface area contributed by atoms with Crippen LogP contribution in [0.15, 0.2) is 97.1 Å². The predicted octanol–water partition coefficient (Wildman–Crippen LogP) is 13.2. The molecule has 0 amide bonds. The molecule has 8 heteroatoms. The Morgan fingerprint density at radius 1 is 0.380 bits per heavy atom. The molecule has 50 heavy (non-hydrogen) atoms. The Kier molecular flexibility index (Phi) is 6.99. The van der Waals surface area contributed by atoms with Crippen LogP contribution >= 0.6 is 0 Å². The van der Waals surface area contributed by atoms with Crippen molar-refractivity contribution in [3.8, 4) is 33.4 Å². The first-order valence-electron chi connectivity index (χ1n) is 16.1. The minimum Gasteiger partial charge on any atom is -0.354 e. The number of aromatic amines is 2. The molecule has 2 N–H and O–H groups in total. The third-order valence-corrected chi connectivity index (χ3v) is 9.58. The number of rotatable bonds is 3. The zero-order valence-electron chi connectivity index (χ0n) is 27.5. The fraction of sp³-hybridized carbons (Fsp3) is 0.143. The Bertz CT molecular complexity index is 2480. The molecule has 2 aromatic heterocycles. The molecule has 0 bridgehead atoms. The number of benzene rings is 6. The van der Waals surface area contributed by atoms with Crippen molar-refractivity contribution >= 4 is 43.6 Å². The van der Waals surface area contributed by atoms with Gasteiger partial charge in [0.15, 0.2) is 0 Å². The number of hydrogen-bond acceptors (Lipinski definition) is 0. The van der Waals surface area contributed by atoms with E-state index < -0.39 is 34.6 Å². The van der Waals surface area contributed by atoms with Crippen LogP contribution in [0.1, 0.15) is 33.4 Å². The van der Waals surface area contributed by atoms with Gasteiger partial charge in [-0.25, -0.2) is 0 Å². The highest BCUT2D eigenvalue weighted by Crippen LogP contribution is 2.47. The highest BCUT2D eigenvalue weighted by molar-refractivity contribution is 6.13. The average molecular weight is 677 g/mol. The van der Waals surface area contributed by atoms with E-state index in [1.165, 1.54) is 12.1 Å². The molecule has 0 aliphatic carbocycles. The molecule has 0 saturated heterocycles. The molecule has 8 rings (SSSR count). The second-order valence-electron chi connectivity index (χ2n) is 13.3. The number of aryl methyl sites for hydroxylation is 4. The first-order chi connectivity index (χ1) is 23.7. The predicted molar refractivity (Wildman–Crippen MR) is 190 cm³/mol. The summed E-state index contributed by atoms with van der Waals surface area (Å²) in [4.78, 5) is 6.70. The van der Waals surface area contributed by atoms with E-state index in [0.717, 1.165) is 79.1 Å². The lowest BCUT2D eigenvalue weighted by Crippen LogP contribution is -2.12. The van der Waals surface area contributed by atoms with E-state index in [9.17, 15) is 26.3 Å². The zero-order chi connectivity index (χ0) is 35.3. The lowest BCUT2D eigenvalue weighted by atomic mass is 9.89. The fourth-order valence-corrected chi connectivity index (χ4v) is 7.33. The van der Waals surface area contributed by atoms with Gasteiger partial charge in [-0.2, -0.15) is 26.3 Å². The second-order valence-corrected chi connectivity index (χ2v) is 13.3. The monoisotopic (exact) mass is 676 g/mol. The van der Waals surface area contributed by atoms with Crippen molar-refractivity contribution in [1.82, 2.24) is 9.97 Å². The molecular weight excluding hydrogens is 646 g/mol. The third kappa shape index (κ3) is 5.21. The van der Waals surface area contributed by atoms with Crippen molar-refractivity contribution in [3.05, 3.63) is 130 Å². The molecule has 2 heterocycles. The summed E-state index contributed by atoms with van der Waals surface area (Å²) in [6.45, 7) is 7.67. The lowest BCUT2D eigenvalue weighted by Gasteiger charge is -2.20. The van der Waals surface area contributed by atoms with Gasteiger partial charge >= 0.3 is 12.4 Å². The Morgan fingerprint density at radius 3 is 1.14 bits per heavy atom. The molecule has 2 nitrogen and oxygen atoms in total. The summed E-state index contributed by atoms with van der Waals surface area (Å²) in [5.74, 6) is 0. The van der Waals surface area contributed by atoms with Crippen molar-refractivity contribution in [3.63, 3.8) is 0 Å². The van der Waals surface area contributed by atoms with E-state index in [2.05, 4.69) is 9.97 Å². The maximum atomic E-state index is 14.9. The van der Waals surface area contributed by atoms with Crippen LogP contribution in [0.5, 0.6) is 0 Å². The highest BCUT2D eigenvalue weighted by atomic mass is 19.4. The standard InChI is InChI=1S/C42H30F6N2/c1-21-5-11-37-31(13-21)33-17-23(3)15-29(39(33)49-37)25-7-9-27(35(19-25)41(43,44)45)28-10-8-26(20-36(28)42(46,47)48)30-16-24(4)18-34-32-14-22(2)6-12-38(32)50-40(30)34/h5-20,49-50H,1-4H3. The van der Waals surface area contributed by atoms with Crippen LogP contribution in [0.25, 0.3) is 77.0 Å². The van der Waals surface area contributed by atoms with Crippen molar-refractivity contribution in [2.24, 2.45) is 0 Å². The molecule has 0 spiro atoms. The van der Waals surface area contributed by atoms with Crippen LogP contribution in [0, 0.1) is 27.7 Å². The Hall–Kier alpha value is -5.50. The number of H-pyrrole nitrogens is 2. The minimum atomic E-state index is -4.93. The SMILES string of the molecule is Cc1ccc2[nH]c3c(-c4ccc(-c5ccc(-c6cc(C)cc7c6[nH]c6ccc(C)cc67)cc5C(F)(F)F)c(C(F)(F)F)c4)cc(C)cc3c2c1. The van der Waals surface area contributed by atoms with Gasteiger partial charge in [0.25, 0.3) is 0 Å². The van der Waals surface area contributed by atoms with Gasteiger partial charge in [-0.05, 0) is 122 Å². The van der Waals surface area contributed by atoms with Crippen LogP contribution in [0.3, 0.4) is 0 Å². The quantitative estimate of drug-likeness (QED) is 0.175.